The third kappa shape index (κ3) is 3.34. The van der Waals surface area contributed by atoms with E-state index in [0.29, 0.717) is 10.7 Å². The van der Waals surface area contributed by atoms with Crippen LogP contribution in [0.15, 0.2) is 77.9 Å². The van der Waals surface area contributed by atoms with E-state index in [4.69, 9.17) is 23.2 Å². The molecule has 3 heterocycles. The smallest absolute Gasteiger partial charge is 0.249 e. The molecular formula is C26H18Cl2N4O3. The molecule has 0 radical (unpaired) electrons. The van der Waals surface area contributed by atoms with Crippen molar-refractivity contribution in [3.63, 3.8) is 0 Å². The van der Waals surface area contributed by atoms with Gasteiger partial charge in [0.15, 0.2) is 0 Å². The lowest BCUT2D eigenvalue weighted by molar-refractivity contribution is -0.129. The minimum atomic E-state index is -0.984. The molecule has 3 aromatic carbocycles. The Kier molecular flexibility index (Phi) is 5.12. The summed E-state index contributed by atoms with van der Waals surface area (Å²) in [5.41, 5.74) is 2.53. The number of para-hydroxylation sites is 1. The molecule has 0 spiro atoms. The highest BCUT2D eigenvalue weighted by Gasteiger charge is 2.65. The van der Waals surface area contributed by atoms with Crippen LogP contribution >= 0.6 is 23.2 Å². The fourth-order valence-electron chi connectivity index (χ4n) is 5.31. The Hall–Kier alpha value is -3.68. The van der Waals surface area contributed by atoms with Crippen LogP contribution in [0.5, 0.6) is 0 Å². The van der Waals surface area contributed by atoms with E-state index in [-0.39, 0.29) is 10.7 Å². The van der Waals surface area contributed by atoms with Crippen LogP contribution in [0.4, 0.5) is 11.4 Å². The molecule has 1 N–H and O–H groups in total. The average Bonchev–Trinajstić information content (AvgIpc) is 3.33. The zero-order chi connectivity index (χ0) is 24.3. The number of hydrogen-bond acceptors (Lipinski definition) is 5. The molecule has 0 bridgehead atoms. The van der Waals surface area contributed by atoms with Gasteiger partial charge in [0.25, 0.3) is 0 Å². The van der Waals surface area contributed by atoms with Crippen LogP contribution in [0.2, 0.25) is 10.0 Å². The first kappa shape index (κ1) is 21.8. The number of nitrogens with one attached hydrogen (secondary N) is 1. The van der Waals surface area contributed by atoms with Gasteiger partial charge in [-0.1, -0.05) is 65.7 Å². The quantitative estimate of drug-likeness (QED) is 0.532. The van der Waals surface area contributed by atoms with Gasteiger partial charge in [0, 0.05) is 10.7 Å². The van der Waals surface area contributed by atoms with Gasteiger partial charge < -0.3 is 5.32 Å². The number of fused-ring (bicyclic) bond motifs is 5. The fourth-order valence-corrected chi connectivity index (χ4v) is 5.80. The fraction of sp³-hybridized carbons (Fsp3) is 0.154. The van der Waals surface area contributed by atoms with E-state index >= 15 is 0 Å². The molecule has 3 amide bonds. The summed E-state index contributed by atoms with van der Waals surface area (Å²) < 4.78 is 0. The van der Waals surface area contributed by atoms with Gasteiger partial charge in [-0.15, -0.1) is 0 Å². The molecule has 0 aromatic heterocycles. The van der Waals surface area contributed by atoms with Gasteiger partial charge in [-0.2, -0.15) is 5.10 Å². The Balaban J connectivity index is 1.46. The van der Waals surface area contributed by atoms with Crippen molar-refractivity contribution in [2.24, 2.45) is 16.9 Å². The van der Waals surface area contributed by atoms with Crippen LogP contribution in [0, 0.1) is 11.8 Å². The molecule has 0 unspecified atom stereocenters. The maximum Gasteiger partial charge on any atom is 0.249 e. The second kappa shape index (κ2) is 8.22. The molecule has 9 heteroatoms. The number of nitrogens with zero attached hydrogens (tertiary/aromatic N) is 3. The average molecular weight is 505 g/mol. The van der Waals surface area contributed by atoms with Gasteiger partial charge in [-0.25, -0.2) is 4.90 Å². The Morgan fingerprint density at radius 2 is 1.60 bits per heavy atom. The van der Waals surface area contributed by atoms with E-state index in [9.17, 15) is 14.4 Å². The van der Waals surface area contributed by atoms with Crippen molar-refractivity contribution in [2.75, 3.05) is 10.2 Å². The summed E-state index contributed by atoms with van der Waals surface area (Å²) >= 11 is 12.4. The van der Waals surface area contributed by atoms with Crippen molar-refractivity contribution in [2.45, 2.75) is 12.1 Å². The zero-order valence-electron chi connectivity index (χ0n) is 18.1. The van der Waals surface area contributed by atoms with Crippen molar-refractivity contribution in [3.8, 4) is 0 Å². The minimum absolute atomic E-state index is 0.184. The largest absolute Gasteiger partial charge is 0.324 e. The number of halogens is 2. The predicted molar refractivity (Wildman–Crippen MR) is 133 cm³/mol. The Morgan fingerprint density at radius 1 is 0.886 bits per heavy atom. The van der Waals surface area contributed by atoms with E-state index in [1.807, 2.05) is 30.3 Å². The first-order chi connectivity index (χ1) is 17.0. The highest BCUT2D eigenvalue weighted by atomic mass is 35.5. The van der Waals surface area contributed by atoms with Crippen LogP contribution in [0.1, 0.15) is 17.2 Å². The molecule has 2 fully saturated rings. The first-order valence-corrected chi connectivity index (χ1v) is 11.8. The third-order valence-corrected chi connectivity index (χ3v) is 7.29. The SMILES string of the molecule is O=C(Nc1ccccc1)[C@H]1[C@@H]2C(=O)N(c3ccc(Cl)cc3Cl)C(=O)[C@@H]2[C@H]2c3ccccc3C=NN21. The van der Waals surface area contributed by atoms with Crippen molar-refractivity contribution < 1.29 is 14.4 Å². The second-order valence-electron chi connectivity index (χ2n) is 8.66. The number of benzene rings is 3. The molecule has 35 heavy (non-hydrogen) atoms. The number of carbonyl (C=O) groups excluding carboxylic acids is 3. The minimum Gasteiger partial charge on any atom is -0.324 e. The van der Waals surface area contributed by atoms with E-state index in [1.54, 1.807) is 47.6 Å². The number of hydrogen-bond donors (Lipinski definition) is 1. The summed E-state index contributed by atoms with van der Waals surface area (Å²) in [5, 5.41) is 9.59. The first-order valence-electron chi connectivity index (χ1n) is 11.1. The number of anilines is 2. The summed E-state index contributed by atoms with van der Waals surface area (Å²) in [4.78, 5) is 42.3. The predicted octanol–water partition coefficient (Wildman–Crippen LogP) is 4.51. The number of hydrazone groups is 1. The maximum atomic E-state index is 13.8. The molecule has 3 aromatic rings. The monoisotopic (exact) mass is 504 g/mol. The lowest BCUT2D eigenvalue weighted by Crippen LogP contribution is -2.46. The lowest BCUT2D eigenvalue weighted by Gasteiger charge is -2.33. The molecule has 7 nitrogen and oxygen atoms in total. The Morgan fingerprint density at radius 3 is 2.37 bits per heavy atom. The molecule has 6 rings (SSSR count). The summed E-state index contributed by atoms with van der Waals surface area (Å²) in [7, 11) is 0. The summed E-state index contributed by atoms with van der Waals surface area (Å²) in [6, 6.07) is 19.6. The van der Waals surface area contributed by atoms with Gasteiger partial charge in [0.2, 0.25) is 17.7 Å². The number of amides is 3. The standard InChI is InChI=1S/C26H18Cl2N4O3/c27-15-10-11-19(18(28)12-15)31-25(34)20-21(26(31)35)23(24(33)30-16-7-2-1-3-8-16)32-22(20)17-9-5-4-6-14(17)13-29-32/h1-13,20-23H,(H,30,33)/t20-,21+,22+,23+/m0/s1. The van der Waals surface area contributed by atoms with E-state index in [2.05, 4.69) is 10.4 Å². The van der Waals surface area contributed by atoms with E-state index in [0.717, 1.165) is 16.0 Å². The molecule has 174 valence electrons. The van der Waals surface area contributed by atoms with Crippen LogP contribution in [-0.2, 0) is 14.4 Å². The van der Waals surface area contributed by atoms with Gasteiger partial charge in [-0.3, -0.25) is 19.4 Å². The Bertz CT molecular complexity index is 1410. The summed E-state index contributed by atoms with van der Waals surface area (Å²) in [6.45, 7) is 0. The van der Waals surface area contributed by atoms with Crippen molar-refractivity contribution in [3.05, 3.63) is 94.0 Å². The van der Waals surface area contributed by atoms with Crippen LogP contribution < -0.4 is 10.2 Å². The van der Waals surface area contributed by atoms with Gasteiger partial charge in [-0.05, 0) is 41.5 Å². The third-order valence-electron chi connectivity index (χ3n) is 6.75. The van der Waals surface area contributed by atoms with Gasteiger partial charge in [0.05, 0.1) is 34.8 Å². The molecule has 2 saturated heterocycles. The van der Waals surface area contributed by atoms with Gasteiger partial charge in [0.1, 0.15) is 6.04 Å². The normalized spacial score (nSPS) is 24.3. The van der Waals surface area contributed by atoms with Crippen LogP contribution in [-0.4, -0.2) is 35.0 Å². The highest BCUT2D eigenvalue weighted by Crippen LogP contribution is 2.53. The zero-order valence-corrected chi connectivity index (χ0v) is 19.6. The second-order valence-corrected chi connectivity index (χ2v) is 9.50. The van der Waals surface area contributed by atoms with E-state index < -0.39 is 41.6 Å². The number of carbonyl (C=O) groups is 3. The molecular weight excluding hydrogens is 487 g/mol. The lowest BCUT2D eigenvalue weighted by atomic mass is 9.85. The topological polar surface area (TPSA) is 82.1 Å². The van der Waals surface area contributed by atoms with Crippen LogP contribution in [0.25, 0.3) is 0 Å². The van der Waals surface area contributed by atoms with E-state index in [1.165, 1.54) is 6.07 Å². The number of rotatable bonds is 3. The summed E-state index contributed by atoms with van der Waals surface area (Å²) in [5.74, 6) is -3.05. The summed E-state index contributed by atoms with van der Waals surface area (Å²) in [6.07, 6.45) is 1.67. The number of imide groups is 1. The highest BCUT2D eigenvalue weighted by molar-refractivity contribution is 6.38. The molecule has 3 aliphatic rings. The van der Waals surface area contributed by atoms with Crippen molar-refractivity contribution in [1.29, 1.82) is 0 Å². The molecule has 3 aliphatic heterocycles. The van der Waals surface area contributed by atoms with Crippen LogP contribution in [0.3, 0.4) is 0 Å². The maximum absolute atomic E-state index is 13.8. The van der Waals surface area contributed by atoms with Crippen molar-refractivity contribution >= 4 is 58.5 Å². The van der Waals surface area contributed by atoms with Crippen molar-refractivity contribution in [1.82, 2.24) is 5.01 Å². The molecule has 4 atom stereocenters. The Labute approximate surface area is 210 Å². The molecule has 0 aliphatic carbocycles. The van der Waals surface area contributed by atoms with Gasteiger partial charge >= 0.3 is 0 Å². The molecule has 0 saturated carbocycles.